The van der Waals surface area contributed by atoms with Gasteiger partial charge in [-0.25, -0.2) is 26.3 Å². The second-order valence-electron chi connectivity index (χ2n) is 14.5. The Morgan fingerprint density at radius 1 is 0.190 bits per heavy atom. The SMILES string of the molecule is FC(F)C(F)(F)C(F)(F)C(F)(F)C(F)(F)C(F)(F)C(F)(F)C(F)(F)COP(OCC(F)(F)C(F)(F)C(F)(F)C(F)(F)C(F)(F)C(F)(F)C(F)(F)C(F)F)OCC(F)(F)C(F)(F)C(F)(F)C(F)(F)C(F)(F)C(F)(F)C(F)(F)C(F)F. The van der Waals surface area contributed by atoms with Gasteiger partial charge in [-0.15, -0.1) is 0 Å². The van der Waals surface area contributed by atoms with Gasteiger partial charge in [-0.3, -0.25) is 0 Å². The Labute approximate surface area is 397 Å². The van der Waals surface area contributed by atoms with E-state index in [2.05, 4.69) is 13.6 Å². The van der Waals surface area contributed by atoms with Gasteiger partial charge in [0.1, 0.15) is 19.8 Å². The average Bonchev–Trinajstić information content (AvgIpc) is 3.24. The van der Waals surface area contributed by atoms with Crippen LogP contribution in [0, 0.1) is 0 Å². The highest BCUT2D eigenvalue weighted by molar-refractivity contribution is 7.41. The topological polar surface area (TPSA) is 27.7 Å². The van der Waals surface area contributed by atoms with Crippen LogP contribution in [-0.4, -0.2) is 163 Å². The fourth-order valence-electron chi connectivity index (χ4n) is 4.29. The summed E-state index contributed by atoms with van der Waals surface area (Å²) in [6.45, 7) is -15.3. The van der Waals surface area contributed by atoms with E-state index in [1.165, 1.54) is 0 Å². The highest BCUT2D eigenvalue weighted by Crippen LogP contribution is 2.67. The summed E-state index contributed by atoms with van der Waals surface area (Å²) >= 11 is 0. The van der Waals surface area contributed by atoms with Gasteiger partial charge in [0.15, 0.2) is 0 Å². The molecule has 0 aromatic heterocycles. The van der Waals surface area contributed by atoms with Crippen molar-refractivity contribution in [2.24, 2.45) is 0 Å². The average molecular weight is 1320 g/mol. The van der Waals surface area contributed by atoms with Crippen LogP contribution in [-0.2, 0) is 13.6 Å². The molecule has 0 aliphatic rings. The lowest BCUT2D eigenvalue weighted by molar-refractivity contribution is -0.448. The van der Waals surface area contributed by atoms with E-state index in [0.717, 1.165) is 0 Å². The highest BCUT2D eigenvalue weighted by Gasteiger charge is 2.97. The largest absolute Gasteiger partial charge is 0.384 e. The molecule has 0 unspecified atom stereocenters. The van der Waals surface area contributed by atoms with Crippen LogP contribution < -0.4 is 0 Å². The summed E-state index contributed by atoms with van der Waals surface area (Å²) in [6, 6.07) is 0. The molecule has 0 heterocycles. The fourth-order valence-corrected chi connectivity index (χ4v) is 5.31. The number of hydrogen-bond donors (Lipinski definition) is 0. The summed E-state index contributed by atoms with van der Waals surface area (Å²) in [7, 11) is -6.87. The van der Waals surface area contributed by atoms with Crippen molar-refractivity contribution in [3.8, 4) is 0 Å². The normalized spacial score (nSPS) is 16.9. The smallest absolute Gasteiger partial charge is 0.306 e. The lowest BCUT2D eigenvalue weighted by atomic mass is 9.89. The molecule has 0 rings (SSSR count). The summed E-state index contributed by atoms with van der Waals surface area (Å²) in [5.41, 5.74) is 0. The molecule has 79 heavy (non-hydrogen) atoms. The molecule has 0 aliphatic carbocycles. The molecular formula is C27H9F48O3P. The molecule has 0 saturated heterocycles. The van der Waals surface area contributed by atoms with E-state index in [1.807, 2.05) is 0 Å². The second-order valence-corrected chi connectivity index (χ2v) is 15.8. The molecule has 0 bridgehead atoms. The van der Waals surface area contributed by atoms with Crippen molar-refractivity contribution in [1.82, 2.24) is 0 Å². The van der Waals surface area contributed by atoms with Crippen LogP contribution in [0.1, 0.15) is 0 Å². The maximum Gasteiger partial charge on any atom is 0.384 e. The third kappa shape index (κ3) is 10.5. The Hall–Kier alpha value is -3.05. The number of halogens is 48. The van der Waals surface area contributed by atoms with Crippen molar-refractivity contribution in [3.05, 3.63) is 0 Å². The van der Waals surface area contributed by atoms with Crippen LogP contribution in [0.5, 0.6) is 0 Å². The van der Waals surface area contributed by atoms with Crippen LogP contribution in [0.2, 0.25) is 0 Å². The lowest BCUT2D eigenvalue weighted by Gasteiger charge is -2.43. The highest BCUT2D eigenvalue weighted by atomic mass is 31.2. The predicted molar refractivity (Wildman–Crippen MR) is 147 cm³/mol. The summed E-state index contributed by atoms with van der Waals surface area (Å²) in [6.07, 6.45) is -19.6. The van der Waals surface area contributed by atoms with Gasteiger partial charge in [0.25, 0.3) is 0 Å². The summed E-state index contributed by atoms with van der Waals surface area (Å²) in [5, 5.41) is 0. The molecule has 0 aromatic rings. The Balaban J connectivity index is 8.05. The number of hydrogen-bond acceptors (Lipinski definition) is 3. The molecular weight excluding hydrogens is 1320 g/mol. The van der Waals surface area contributed by atoms with E-state index in [0.29, 0.717) is 0 Å². The molecule has 0 aromatic carbocycles. The zero-order chi connectivity index (χ0) is 65.1. The molecule has 0 atom stereocenters. The molecule has 0 saturated carbocycles. The minimum atomic E-state index is -9.53. The minimum absolute atomic E-state index is 2.46. The Bertz CT molecular complexity index is 1840. The molecule has 3 nitrogen and oxygen atoms in total. The van der Waals surface area contributed by atoms with E-state index in [-0.39, 0.29) is 0 Å². The molecule has 52 heteroatoms. The lowest BCUT2D eigenvalue weighted by Crippen LogP contribution is -2.74. The standard InChI is InChI=1S/C27H9F48O3P/c28-4(29)10(40,41)16(52,53)22(64,65)25(70,71)19(58,59)13(46,47)7(34,35)1-76-79(77-2-8(36,37)14(48,49)20(60,61)26(72,73)23(66,67)17(54,55)11(42,43)5(30)31)78-3-9(38,39)15(50,51)21(62,63)27(74,75)24(68,69)18(56,57)12(44,45)6(32)33/h4-6H,1-3H2. The van der Waals surface area contributed by atoms with Crippen LogP contribution in [0.4, 0.5) is 211 Å². The summed E-state index contributed by atoms with van der Waals surface area (Å²) in [4.78, 5) is 0. The first-order valence-electron chi connectivity index (χ1n) is 17.1. The summed E-state index contributed by atoms with van der Waals surface area (Å²) < 4.78 is 661. The Morgan fingerprint density at radius 2 is 0.304 bits per heavy atom. The first-order chi connectivity index (χ1) is 33.6. The van der Waals surface area contributed by atoms with Crippen molar-refractivity contribution in [2.45, 2.75) is 144 Å². The predicted octanol–water partition coefficient (Wildman–Crippen LogP) is 16.4. The Kier molecular flexibility index (Phi) is 19.8. The molecule has 0 fully saturated rings. The van der Waals surface area contributed by atoms with Crippen molar-refractivity contribution in [2.75, 3.05) is 19.8 Å². The molecule has 0 N–H and O–H groups in total. The van der Waals surface area contributed by atoms with Crippen LogP contribution in [0.15, 0.2) is 0 Å². The third-order valence-electron chi connectivity index (χ3n) is 9.24. The minimum Gasteiger partial charge on any atom is -0.306 e. The van der Waals surface area contributed by atoms with Crippen molar-refractivity contribution in [1.29, 1.82) is 0 Å². The quantitative estimate of drug-likeness (QED) is 0.0530. The van der Waals surface area contributed by atoms with E-state index in [1.54, 1.807) is 0 Å². The zero-order valence-corrected chi connectivity index (χ0v) is 35.1. The molecule has 0 spiro atoms. The number of rotatable bonds is 30. The first-order valence-corrected chi connectivity index (χ1v) is 18.2. The van der Waals surface area contributed by atoms with Crippen molar-refractivity contribution < 1.29 is 224 Å². The van der Waals surface area contributed by atoms with Gasteiger partial charge in [0.2, 0.25) is 0 Å². The fraction of sp³-hybridized carbons (Fsp3) is 1.00. The van der Waals surface area contributed by atoms with E-state index in [4.69, 9.17) is 0 Å². The molecule has 0 aliphatic heterocycles. The van der Waals surface area contributed by atoms with Gasteiger partial charge in [-0.2, -0.15) is 184 Å². The van der Waals surface area contributed by atoms with Crippen LogP contribution in [0.3, 0.4) is 0 Å². The number of alkyl halides is 48. The van der Waals surface area contributed by atoms with Gasteiger partial charge < -0.3 is 13.6 Å². The zero-order valence-electron chi connectivity index (χ0n) is 34.2. The van der Waals surface area contributed by atoms with E-state index < -0.39 is 172 Å². The van der Waals surface area contributed by atoms with Gasteiger partial charge in [-0.1, -0.05) is 0 Å². The van der Waals surface area contributed by atoms with Crippen molar-refractivity contribution in [3.63, 3.8) is 0 Å². The van der Waals surface area contributed by atoms with Crippen molar-refractivity contribution >= 4 is 8.60 Å². The van der Waals surface area contributed by atoms with Crippen LogP contribution >= 0.6 is 8.60 Å². The molecule has 0 amide bonds. The first kappa shape index (κ1) is 76.0. The van der Waals surface area contributed by atoms with E-state index in [9.17, 15) is 211 Å². The molecule has 0 radical (unpaired) electrons. The van der Waals surface area contributed by atoms with E-state index >= 15 is 0 Å². The maximum absolute atomic E-state index is 14.4. The van der Waals surface area contributed by atoms with Gasteiger partial charge in [0.05, 0.1) is 0 Å². The van der Waals surface area contributed by atoms with Gasteiger partial charge in [-0.05, 0) is 0 Å². The summed E-state index contributed by atoms with van der Waals surface area (Å²) in [5.74, 6) is -189. The molecule has 476 valence electrons. The monoisotopic (exact) mass is 1320 g/mol. The Morgan fingerprint density at radius 3 is 0.430 bits per heavy atom. The third-order valence-corrected chi connectivity index (χ3v) is 10.3. The maximum atomic E-state index is 14.4. The van der Waals surface area contributed by atoms with Gasteiger partial charge in [0, 0.05) is 0 Å². The van der Waals surface area contributed by atoms with Crippen LogP contribution in [0.25, 0.3) is 0 Å². The second kappa shape index (κ2) is 20.6. The van der Waals surface area contributed by atoms with Gasteiger partial charge >= 0.3 is 152 Å².